The minimum Gasteiger partial charge on any atom is -0.375 e. The van der Waals surface area contributed by atoms with Gasteiger partial charge in [0.1, 0.15) is 6.61 Å². The van der Waals surface area contributed by atoms with Gasteiger partial charge < -0.3 is 15.0 Å². The fourth-order valence-electron chi connectivity index (χ4n) is 5.41. The molecule has 1 aromatic heterocycles. The first-order chi connectivity index (χ1) is 13.1. The van der Waals surface area contributed by atoms with Gasteiger partial charge in [-0.1, -0.05) is 6.07 Å². The molecule has 146 valence electrons. The molecular formula is C20H28N4O3. The number of amides is 2. The summed E-state index contributed by atoms with van der Waals surface area (Å²) < 4.78 is 5.00. The Morgan fingerprint density at radius 3 is 2.74 bits per heavy atom. The zero-order valence-corrected chi connectivity index (χ0v) is 15.9. The molecule has 0 unspecified atom stereocenters. The minimum absolute atomic E-state index is 0.0440. The van der Waals surface area contributed by atoms with Crippen molar-refractivity contribution in [2.45, 2.75) is 25.8 Å². The van der Waals surface area contributed by atoms with Crippen molar-refractivity contribution in [2.75, 3.05) is 46.4 Å². The maximum absolute atomic E-state index is 12.9. The van der Waals surface area contributed by atoms with Crippen LogP contribution in [0.2, 0.25) is 0 Å². The molecule has 4 rings (SSSR count). The van der Waals surface area contributed by atoms with Gasteiger partial charge in [0.05, 0.1) is 5.41 Å². The highest BCUT2D eigenvalue weighted by atomic mass is 16.5. The number of ether oxygens (including phenoxy) is 1. The molecule has 4 heterocycles. The van der Waals surface area contributed by atoms with Crippen LogP contribution in [-0.4, -0.2) is 73.0 Å². The first-order valence-corrected chi connectivity index (χ1v) is 9.75. The molecule has 3 aliphatic rings. The van der Waals surface area contributed by atoms with Gasteiger partial charge in [0.25, 0.3) is 0 Å². The fraction of sp³-hybridized carbons (Fsp3) is 0.650. The molecule has 1 atom stereocenters. The molecule has 27 heavy (non-hydrogen) atoms. The second-order valence-electron chi connectivity index (χ2n) is 8.19. The van der Waals surface area contributed by atoms with E-state index in [1.165, 1.54) is 5.56 Å². The number of piperidine rings is 1. The van der Waals surface area contributed by atoms with Crippen molar-refractivity contribution in [3.63, 3.8) is 0 Å². The average Bonchev–Trinajstić information content (AvgIpc) is 3.18. The van der Waals surface area contributed by atoms with Crippen LogP contribution in [0.4, 0.5) is 0 Å². The van der Waals surface area contributed by atoms with E-state index in [0.717, 1.165) is 45.4 Å². The molecule has 3 fully saturated rings. The van der Waals surface area contributed by atoms with Gasteiger partial charge in [-0.15, -0.1) is 0 Å². The molecule has 1 N–H and O–H groups in total. The second-order valence-corrected chi connectivity index (χ2v) is 8.19. The number of hydrogen-bond acceptors (Lipinski definition) is 5. The van der Waals surface area contributed by atoms with Crippen molar-refractivity contribution < 1.29 is 14.3 Å². The maximum atomic E-state index is 12.9. The molecule has 3 aliphatic heterocycles. The standard InChI is InChI=1S/C20H28N4O3/c1-27-13-17(25)24-9-5-19(6-10-24)14-23(12-16-3-2-7-21-11-16)15-20(19)4-8-22-18(20)26/h2-3,7,11H,4-6,8-10,12-15H2,1H3,(H,22,26)/t20-/m1/s1. The Morgan fingerprint density at radius 1 is 1.30 bits per heavy atom. The molecule has 7 nitrogen and oxygen atoms in total. The Hall–Kier alpha value is -1.99. The quantitative estimate of drug-likeness (QED) is 0.840. The number of fused-ring (bicyclic) bond motifs is 1. The summed E-state index contributed by atoms with van der Waals surface area (Å²) >= 11 is 0. The van der Waals surface area contributed by atoms with Gasteiger partial charge in [-0.2, -0.15) is 0 Å². The zero-order valence-electron chi connectivity index (χ0n) is 15.9. The van der Waals surface area contributed by atoms with Crippen molar-refractivity contribution in [2.24, 2.45) is 10.8 Å². The number of carbonyl (C=O) groups is 2. The SMILES string of the molecule is COCC(=O)N1CCC2(CC1)CN(Cc1cccnc1)C[C@@]21CCNC1=O. The summed E-state index contributed by atoms with van der Waals surface area (Å²) in [6.45, 7) is 4.81. The van der Waals surface area contributed by atoms with E-state index in [0.29, 0.717) is 13.1 Å². The number of likely N-dealkylation sites (tertiary alicyclic amines) is 2. The summed E-state index contributed by atoms with van der Waals surface area (Å²) in [5, 5.41) is 3.08. The Morgan fingerprint density at radius 2 is 2.11 bits per heavy atom. The highest BCUT2D eigenvalue weighted by Gasteiger charge is 2.63. The third kappa shape index (κ3) is 3.12. The van der Waals surface area contributed by atoms with Crippen molar-refractivity contribution in [1.29, 1.82) is 0 Å². The summed E-state index contributed by atoms with van der Waals surface area (Å²) in [7, 11) is 1.55. The van der Waals surface area contributed by atoms with E-state index < -0.39 is 0 Å². The second kappa shape index (κ2) is 7.20. The summed E-state index contributed by atoms with van der Waals surface area (Å²) in [4.78, 5) is 33.6. The molecule has 0 saturated carbocycles. The van der Waals surface area contributed by atoms with Crippen LogP contribution in [0.5, 0.6) is 0 Å². The van der Waals surface area contributed by atoms with Gasteiger partial charge in [-0.05, 0) is 30.9 Å². The lowest BCUT2D eigenvalue weighted by molar-refractivity contribution is -0.141. The Balaban J connectivity index is 1.53. The lowest BCUT2D eigenvalue weighted by Gasteiger charge is -2.46. The average molecular weight is 372 g/mol. The number of nitrogens with one attached hydrogen (secondary N) is 1. The summed E-state index contributed by atoms with van der Waals surface area (Å²) in [6.07, 6.45) is 6.33. The van der Waals surface area contributed by atoms with Gasteiger partial charge >= 0.3 is 0 Å². The molecular weight excluding hydrogens is 344 g/mol. The molecule has 2 spiro atoms. The van der Waals surface area contributed by atoms with Gasteiger partial charge in [0.15, 0.2) is 0 Å². The van der Waals surface area contributed by atoms with E-state index in [2.05, 4.69) is 21.3 Å². The van der Waals surface area contributed by atoms with Crippen molar-refractivity contribution in [3.05, 3.63) is 30.1 Å². The van der Waals surface area contributed by atoms with Crippen LogP contribution in [-0.2, 0) is 20.9 Å². The fourth-order valence-corrected chi connectivity index (χ4v) is 5.41. The number of hydrogen-bond donors (Lipinski definition) is 1. The summed E-state index contributed by atoms with van der Waals surface area (Å²) in [6, 6.07) is 4.05. The monoisotopic (exact) mass is 372 g/mol. The first-order valence-electron chi connectivity index (χ1n) is 9.75. The Bertz CT molecular complexity index is 702. The number of methoxy groups -OCH3 is 1. The van der Waals surface area contributed by atoms with E-state index in [1.807, 2.05) is 17.2 Å². The van der Waals surface area contributed by atoms with E-state index in [9.17, 15) is 9.59 Å². The third-order valence-electron chi connectivity index (χ3n) is 6.78. The number of carbonyl (C=O) groups excluding carboxylic acids is 2. The molecule has 7 heteroatoms. The van der Waals surface area contributed by atoms with Gasteiger partial charge in [0, 0.05) is 64.2 Å². The topological polar surface area (TPSA) is 74.8 Å². The maximum Gasteiger partial charge on any atom is 0.248 e. The normalized spacial score (nSPS) is 27.4. The first kappa shape index (κ1) is 18.4. The van der Waals surface area contributed by atoms with Crippen LogP contribution in [0.3, 0.4) is 0 Å². The molecule has 0 bridgehead atoms. The number of rotatable bonds is 4. The van der Waals surface area contributed by atoms with Crippen molar-refractivity contribution in [3.8, 4) is 0 Å². The van der Waals surface area contributed by atoms with E-state index in [-0.39, 0.29) is 29.3 Å². The molecule has 0 aliphatic carbocycles. The molecule has 3 saturated heterocycles. The van der Waals surface area contributed by atoms with Crippen molar-refractivity contribution in [1.82, 2.24) is 20.1 Å². The molecule has 0 aromatic carbocycles. The van der Waals surface area contributed by atoms with E-state index >= 15 is 0 Å². The highest BCUT2D eigenvalue weighted by Crippen LogP contribution is 2.56. The Labute approximate surface area is 160 Å². The predicted octanol–water partition coefficient (Wildman–Crippen LogP) is 0.659. The largest absolute Gasteiger partial charge is 0.375 e. The van der Waals surface area contributed by atoms with Crippen LogP contribution in [0.15, 0.2) is 24.5 Å². The van der Waals surface area contributed by atoms with Gasteiger partial charge in [0.2, 0.25) is 11.8 Å². The predicted molar refractivity (Wildman–Crippen MR) is 99.7 cm³/mol. The number of nitrogens with zero attached hydrogens (tertiary/aromatic N) is 3. The van der Waals surface area contributed by atoms with Crippen LogP contribution < -0.4 is 5.32 Å². The molecule has 1 aromatic rings. The number of aromatic nitrogens is 1. The smallest absolute Gasteiger partial charge is 0.248 e. The van der Waals surface area contributed by atoms with E-state index in [1.54, 1.807) is 13.3 Å². The summed E-state index contributed by atoms with van der Waals surface area (Å²) in [5.41, 5.74) is 0.793. The number of pyridine rings is 1. The molecule has 0 radical (unpaired) electrons. The summed E-state index contributed by atoms with van der Waals surface area (Å²) in [5.74, 6) is 0.246. The van der Waals surface area contributed by atoms with Gasteiger partial charge in [-0.25, -0.2) is 0 Å². The van der Waals surface area contributed by atoms with Crippen LogP contribution in [0, 0.1) is 10.8 Å². The Kier molecular flexibility index (Phi) is 4.90. The lowest BCUT2D eigenvalue weighted by Crippen LogP contribution is -2.53. The molecule has 2 amide bonds. The van der Waals surface area contributed by atoms with E-state index in [4.69, 9.17) is 4.74 Å². The van der Waals surface area contributed by atoms with Gasteiger partial charge in [-0.3, -0.25) is 19.5 Å². The van der Waals surface area contributed by atoms with Crippen LogP contribution in [0.1, 0.15) is 24.8 Å². The zero-order chi connectivity index (χ0) is 18.9. The lowest BCUT2D eigenvalue weighted by atomic mass is 9.60. The van der Waals surface area contributed by atoms with Crippen molar-refractivity contribution >= 4 is 11.8 Å². The highest BCUT2D eigenvalue weighted by molar-refractivity contribution is 5.86. The minimum atomic E-state index is -0.328. The third-order valence-corrected chi connectivity index (χ3v) is 6.78. The van der Waals surface area contributed by atoms with Crippen LogP contribution in [0.25, 0.3) is 0 Å². The van der Waals surface area contributed by atoms with Crippen LogP contribution >= 0.6 is 0 Å².